The average Bonchev–Trinajstić information content (AvgIpc) is 2.19. The van der Waals surface area contributed by atoms with Crippen LogP contribution in [0.4, 0.5) is 5.82 Å². The number of hydrogen-bond donors (Lipinski definition) is 1. The summed E-state index contributed by atoms with van der Waals surface area (Å²) in [6.45, 7) is 1.00. The van der Waals surface area contributed by atoms with Gasteiger partial charge in [-0.15, -0.1) is 0 Å². The summed E-state index contributed by atoms with van der Waals surface area (Å²) in [6.07, 6.45) is 2.97. The molecule has 0 aliphatic carbocycles. The van der Waals surface area contributed by atoms with E-state index < -0.39 is 0 Å². The van der Waals surface area contributed by atoms with Crippen molar-refractivity contribution in [1.82, 2.24) is 4.98 Å². The van der Waals surface area contributed by atoms with Crippen molar-refractivity contribution >= 4 is 16.6 Å². The fourth-order valence-corrected chi connectivity index (χ4v) is 1.96. The van der Waals surface area contributed by atoms with Gasteiger partial charge in [0.25, 0.3) is 0 Å². The average molecular weight is 170 g/mol. The minimum atomic E-state index is 1.00. The fraction of sp³-hybridized carbons (Fsp3) is 0.182. The zero-order valence-electron chi connectivity index (χ0n) is 7.25. The first-order chi connectivity index (χ1) is 6.45. The number of nitrogens with one attached hydrogen (secondary N) is 1. The molecule has 0 bridgehead atoms. The molecular formula is C11H10N2. The minimum Gasteiger partial charge on any atom is -0.369 e. The standard InChI is InChI=1S/C11H10N2/c1-2-8-4-6-12-11-10(8)9(3-1)5-7-13-11/h1-4,6H,5,7H2,(H,12,13). The third-order valence-corrected chi connectivity index (χ3v) is 2.56. The smallest absolute Gasteiger partial charge is 0.134 e. The molecule has 0 spiro atoms. The second kappa shape index (κ2) is 2.46. The Balaban J connectivity index is 2.49. The van der Waals surface area contributed by atoms with Crippen LogP contribution in [0.5, 0.6) is 0 Å². The third-order valence-electron chi connectivity index (χ3n) is 2.56. The molecule has 0 atom stereocenters. The third kappa shape index (κ3) is 0.917. The lowest BCUT2D eigenvalue weighted by molar-refractivity contribution is 0.995. The number of hydrogen-bond acceptors (Lipinski definition) is 2. The van der Waals surface area contributed by atoms with E-state index in [1.165, 1.54) is 16.3 Å². The van der Waals surface area contributed by atoms with Gasteiger partial charge in [-0.2, -0.15) is 0 Å². The predicted molar refractivity (Wildman–Crippen MR) is 53.9 cm³/mol. The Morgan fingerprint density at radius 1 is 1.23 bits per heavy atom. The maximum absolute atomic E-state index is 4.33. The van der Waals surface area contributed by atoms with Crippen LogP contribution in [0, 0.1) is 0 Å². The summed E-state index contributed by atoms with van der Waals surface area (Å²) in [7, 11) is 0. The number of pyridine rings is 1. The van der Waals surface area contributed by atoms with E-state index in [9.17, 15) is 0 Å². The Morgan fingerprint density at radius 3 is 3.23 bits per heavy atom. The molecule has 1 aliphatic rings. The Kier molecular flexibility index (Phi) is 1.30. The van der Waals surface area contributed by atoms with Gasteiger partial charge in [0, 0.05) is 18.1 Å². The van der Waals surface area contributed by atoms with Gasteiger partial charge >= 0.3 is 0 Å². The summed E-state index contributed by atoms with van der Waals surface area (Å²) >= 11 is 0. The number of benzene rings is 1. The Morgan fingerprint density at radius 2 is 2.23 bits per heavy atom. The van der Waals surface area contributed by atoms with Crippen molar-refractivity contribution in [2.24, 2.45) is 0 Å². The van der Waals surface area contributed by atoms with Gasteiger partial charge in [0.05, 0.1) is 0 Å². The lowest BCUT2D eigenvalue weighted by Crippen LogP contribution is -2.12. The lowest BCUT2D eigenvalue weighted by Gasteiger charge is -2.17. The molecule has 0 radical (unpaired) electrons. The first-order valence-electron chi connectivity index (χ1n) is 4.55. The van der Waals surface area contributed by atoms with Crippen LogP contribution in [0.3, 0.4) is 0 Å². The SMILES string of the molecule is c1cc2c3c(nccc3c1)NCC2. The molecule has 1 aliphatic heterocycles. The molecule has 2 nitrogen and oxygen atoms in total. The maximum atomic E-state index is 4.33. The van der Waals surface area contributed by atoms with Gasteiger partial charge in [0.15, 0.2) is 0 Å². The number of rotatable bonds is 0. The van der Waals surface area contributed by atoms with Crippen molar-refractivity contribution < 1.29 is 0 Å². The van der Waals surface area contributed by atoms with Crippen LogP contribution in [0.1, 0.15) is 5.56 Å². The molecule has 1 aromatic carbocycles. The van der Waals surface area contributed by atoms with E-state index in [1.807, 2.05) is 6.20 Å². The largest absolute Gasteiger partial charge is 0.369 e. The molecule has 64 valence electrons. The normalized spacial score (nSPS) is 14.2. The second-order valence-electron chi connectivity index (χ2n) is 3.35. The van der Waals surface area contributed by atoms with Crippen LogP contribution in [-0.2, 0) is 6.42 Å². The van der Waals surface area contributed by atoms with E-state index in [0.717, 1.165) is 18.8 Å². The first kappa shape index (κ1) is 6.89. The molecule has 0 fully saturated rings. The van der Waals surface area contributed by atoms with Crippen molar-refractivity contribution in [3.63, 3.8) is 0 Å². The van der Waals surface area contributed by atoms with Crippen LogP contribution >= 0.6 is 0 Å². The highest BCUT2D eigenvalue weighted by Crippen LogP contribution is 2.27. The van der Waals surface area contributed by atoms with E-state index in [2.05, 4.69) is 34.6 Å². The number of anilines is 1. The molecule has 0 saturated heterocycles. The monoisotopic (exact) mass is 170 g/mol. The Labute approximate surface area is 76.6 Å². The highest BCUT2D eigenvalue weighted by atomic mass is 15.0. The minimum absolute atomic E-state index is 1.00. The highest BCUT2D eigenvalue weighted by molar-refractivity contribution is 5.95. The van der Waals surface area contributed by atoms with Gasteiger partial charge in [0.1, 0.15) is 5.82 Å². The van der Waals surface area contributed by atoms with Gasteiger partial charge in [0.2, 0.25) is 0 Å². The zero-order valence-corrected chi connectivity index (χ0v) is 7.25. The van der Waals surface area contributed by atoms with Crippen LogP contribution in [0.2, 0.25) is 0 Å². The predicted octanol–water partition coefficient (Wildman–Crippen LogP) is 2.20. The van der Waals surface area contributed by atoms with Crippen molar-refractivity contribution in [1.29, 1.82) is 0 Å². The van der Waals surface area contributed by atoms with E-state index in [-0.39, 0.29) is 0 Å². The molecule has 0 saturated carbocycles. The number of aromatic nitrogens is 1. The quantitative estimate of drug-likeness (QED) is 0.655. The summed E-state index contributed by atoms with van der Waals surface area (Å²) in [5, 5.41) is 5.90. The van der Waals surface area contributed by atoms with E-state index in [0.29, 0.717) is 0 Å². The zero-order chi connectivity index (χ0) is 8.67. The second-order valence-corrected chi connectivity index (χ2v) is 3.35. The molecule has 13 heavy (non-hydrogen) atoms. The lowest BCUT2D eigenvalue weighted by atomic mass is 10.0. The Bertz CT molecular complexity index is 424. The summed E-state index contributed by atoms with van der Waals surface area (Å²) in [6, 6.07) is 8.51. The van der Waals surface area contributed by atoms with Gasteiger partial charge in [-0.05, 0) is 23.4 Å². The van der Waals surface area contributed by atoms with Crippen molar-refractivity contribution in [3.8, 4) is 0 Å². The van der Waals surface area contributed by atoms with Crippen LogP contribution in [0.25, 0.3) is 10.8 Å². The fourth-order valence-electron chi connectivity index (χ4n) is 1.96. The van der Waals surface area contributed by atoms with Crippen LogP contribution < -0.4 is 5.32 Å². The molecule has 1 N–H and O–H groups in total. The summed E-state index contributed by atoms with van der Waals surface area (Å²) in [4.78, 5) is 4.33. The number of nitrogens with zero attached hydrogens (tertiary/aromatic N) is 1. The van der Waals surface area contributed by atoms with Crippen LogP contribution in [-0.4, -0.2) is 11.5 Å². The molecule has 1 aromatic heterocycles. The molecule has 0 unspecified atom stereocenters. The first-order valence-corrected chi connectivity index (χ1v) is 4.55. The molecular weight excluding hydrogens is 160 g/mol. The van der Waals surface area contributed by atoms with Gasteiger partial charge in [-0.3, -0.25) is 0 Å². The van der Waals surface area contributed by atoms with Crippen molar-refractivity contribution in [2.45, 2.75) is 6.42 Å². The van der Waals surface area contributed by atoms with E-state index in [1.54, 1.807) is 0 Å². The van der Waals surface area contributed by atoms with Crippen LogP contribution in [0.15, 0.2) is 30.5 Å². The molecule has 2 heterocycles. The van der Waals surface area contributed by atoms with Gasteiger partial charge in [-0.1, -0.05) is 18.2 Å². The highest BCUT2D eigenvalue weighted by Gasteiger charge is 2.11. The van der Waals surface area contributed by atoms with Gasteiger partial charge < -0.3 is 5.32 Å². The summed E-state index contributed by atoms with van der Waals surface area (Å²) in [5.74, 6) is 1.04. The summed E-state index contributed by atoms with van der Waals surface area (Å²) < 4.78 is 0. The van der Waals surface area contributed by atoms with Crippen molar-refractivity contribution in [2.75, 3.05) is 11.9 Å². The van der Waals surface area contributed by atoms with E-state index in [4.69, 9.17) is 0 Å². The van der Waals surface area contributed by atoms with E-state index >= 15 is 0 Å². The molecule has 3 rings (SSSR count). The Hall–Kier alpha value is -1.57. The molecule has 2 heteroatoms. The summed E-state index contributed by atoms with van der Waals surface area (Å²) in [5.41, 5.74) is 1.42. The molecule has 2 aromatic rings. The topological polar surface area (TPSA) is 24.9 Å². The molecule has 0 amide bonds. The van der Waals surface area contributed by atoms with Crippen molar-refractivity contribution in [3.05, 3.63) is 36.0 Å². The van der Waals surface area contributed by atoms with Gasteiger partial charge in [-0.25, -0.2) is 4.98 Å². The maximum Gasteiger partial charge on any atom is 0.134 e.